The lowest BCUT2D eigenvalue weighted by atomic mass is 9.74. The van der Waals surface area contributed by atoms with Crippen molar-refractivity contribution in [2.75, 3.05) is 7.11 Å². The van der Waals surface area contributed by atoms with E-state index >= 15 is 0 Å². The first-order valence-electron chi connectivity index (χ1n) is 8.51. The van der Waals surface area contributed by atoms with E-state index in [1.165, 1.54) is 5.56 Å². The van der Waals surface area contributed by atoms with Gasteiger partial charge in [0.2, 0.25) is 0 Å². The lowest BCUT2D eigenvalue weighted by Gasteiger charge is -2.35. The average molecular weight is 331 g/mol. The largest absolute Gasteiger partial charge is 0.377 e. The maximum Gasteiger partial charge on any atom is 0.138 e. The van der Waals surface area contributed by atoms with Crippen LogP contribution in [0, 0.1) is 17.3 Å². The summed E-state index contributed by atoms with van der Waals surface area (Å²) in [5, 5.41) is 0. The summed E-state index contributed by atoms with van der Waals surface area (Å²) in [6, 6.07) is 8.04. The van der Waals surface area contributed by atoms with E-state index in [1.54, 1.807) is 7.11 Å². The third kappa shape index (κ3) is 3.16. The first-order chi connectivity index (χ1) is 12.0. The van der Waals surface area contributed by atoms with Gasteiger partial charge < -0.3 is 9.14 Å². The Bertz CT molecular complexity index is 958. The Kier molecular flexibility index (Phi) is 3.82. The van der Waals surface area contributed by atoms with Gasteiger partial charge in [-0.15, -0.1) is 0 Å². The zero-order valence-corrected chi connectivity index (χ0v) is 14.8. The minimum Gasteiger partial charge on any atom is -0.377 e. The molecule has 3 heterocycles. The fraction of sp³-hybridized carbons (Fsp3) is 0.333. The molecule has 0 bridgehead atoms. The van der Waals surface area contributed by atoms with Crippen molar-refractivity contribution in [3.8, 4) is 11.8 Å². The highest BCUT2D eigenvalue weighted by atomic mass is 16.5. The number of imidazole rings is 1. The molecule has 0 saturated carbocycles. The molecule has 126 valence electrons. The molecule has 0 aliphatic heterocycles. The fourth-order valence-electron chi connectivity index (χ4n) is 3.48. The van der Waals surface area contributed by atoms with E-state index in [9.17, 15) is 0 Å². The minimum atomic E-state index is 0.0863. The molecule has 0 fully saturated rings. The van der Waals surface area contributed by atoms with Crippen molar-refractivity contribution in [2.24, 2.45) is 5.41 Å². The van der Waals surface area contributed by atoms with Crippen molar-refractivity contribution < 1.29 is 4.74 Å². The summed E-state index contributed by atoms with van der Waals surface area (Å²) < 4.78 is 7.68. The molecule has 1 unspecified atom stereocenters. The first-order valence-corrected chi connectivity index (χ1v) is 8.51. The Morgan fingerprint density at radius 2 is 2.16 bits per heavy atom. The monoisotopic (exact) mass is 331 g/mol. The van der Waals surface area contributed by atoms with Gasteiger partial charge in [0, 0.05) is 42.5 Å². The van der Waals surface area contributed by atoms with Crippen LogP contribution in [0.2, 0.25) is 0 Å². The van der Waals surface area contributed by atoms with Crippen molar-refractivity contribution in [2.45, 2.75) is 32.8 Å². The van der Waals surface area contributed by atoms with E-state index in [2.05, 4.69) is 41.7 Å². The van der Waals surface area contributed by atoms with Crippen LogP contribution in [0.1, 0.15) is 48.9 Å². The fourth-order valence-corrected chi connectivity index (χ4v) is 3.48. The summed E-state index contributed by atoms with van der Waals surface area (Å²) >= 11 is 0. The lowest BCUT2D eigenvalue weighted by molar-refractivity contribution is 0.0491. The van der Waals surface area contributed by atoms with Gasteiger partial charge in [-0.2, -0.15) is 0 Å². The van der Waals surface area contributed by atoms with Gasteiger partial charge in [0.15, 0.2) is 0 Å². The molecule has 0 amide bonds. The summed E-state index contributed by atoms with van der Waals surface area (Å²) in [5.41, 5.74) is 5.07. The number of nitrogens with zero attached hydrogens (tertiary/aromatic N) is 3. The van der Waals surface area contributed by atoms with Crippen LogP contribution >= 0.6 is 0 Å². The number of hydrogen-bond acceptors (Lipinski definition) is 3. The molecule has 0 radical (unpaired) electrons. The van der Waals surface area contributed by atoms with E-state index in [-0.39, 0.29) is 11.5 Å². The summed E-state index contributed by atoms with van der Waals surface area (Å²) in [6.07, 6.45) is 7.83. The van der Waals surface area contributed by atoms with Gasteiger partial charge in [-0.05, 0) is 42.4 Å². The number of fused-ring (bicyclic) bond motifs is 2. The Balaban J connectivity index is 1.67. The molecule has 3 aromatic rings. The number of methoxy groups -OCH3 is 1. The number of rotatable bonds is 1. The van der Waals surface area contributed by atoms with Crippen molar-refractivity contribution >= 4 is 5.65 Å². The molecule has 0 N–H and O–H groups in total. The number of pyridine rings is 2. The Morgan fingerprint density at radius 3 is 2.96 bits per heavy atom. The van der Waals surface area contributed by atoms with Gasteiger partial charge in [0.05, 0.1) is 6.10 Å². The second kappa shape index (κ2) is 6.02. The number of aromatic nitrogens is 3. The quantitative estimate of drug-likeness (QED) is 0.637. The Morgan fingerprint density at radius 1 is 1.28 bits per heavy atom. The van der Waals surface area contributed by atoms with Crippen LogP contribution < -0.4 is 0 Å². The predicted octanol–water partition coefficient (Wildman–Crippen LogP) is 3.79. The zero-order valence-electron chi connectivity index (χ0n) is 14.8. The number of hydrogen-bond donors (Lipinski definition) is 0. The normalized spacial score (nSPS) is 18.4. The van der Waals surface area contributed by atoms with Crippen molar-refractivity contribution in [3.63, 3.8) is 0 Å². The number of ether oxygens (including phenoxy) is 1. The van der Waals surface area contributed by atoms with Gasteiger partial charge in [0.25, 0.3) is 0 Å². The molecule has 0 spiro atoms. The Labute approximate surface area is 147 Å². The molecule has 1 aliphatic carbocycles. The molecule has 0 aromatic carbocycles. The van der Waals surface area contributed by atoms with Gasteiger partial charge in [-0.25, -0.2) is 4.98 Å². The second-order valence-electron chi connectivity index (χ2n) is 7.37. The lowest BCUT2D eigenvalue weighted by Crippen LogP contribution is -2.27. The zero-order chi connectivity index (χ0) is 17.4. The highest BCUT2D eigenvalue weighted by Gasteiger charge is 2.33. The van der Waals surface area contributed by atoms with Crippen molar-refractivity contribution in [1.82, 2.24) is 14.4 Å². The van der Waals surface area contributed by atoms with Gasteiger partial charge >= 0.3 is 0 Å². The second-order valence-corrected chi connectivity index (χ2v) is 7.37. The highest BCUT2D eigenvalue weighted by Crippen LogP contribution is 2.41. The summed E-state index contributed by atoms with van der Waals surface area (Å²) in [5.74, 6) is 6.34. The van der Waals surface area contributed by atoms with E-state index in [0.717, 1.165) is 35.4 Å². The minimum absolute atomic E-state index is 0.0863. The van der Waals surface area contributed by atoms with E-state index < -0.39 is 0 Å². The average Bonchev–Trinajstić information content (AvgIpc) is 3.01. The van der Waals surface area contributed by atoms with Gasteiger partial charge in [-0.3, -0.25) is 4.98 Å². The van der Waals surface area contributed by atoms with Crippen molar-refractivity contribution in [1.29, 1.82) is 0 Å². The molecular weight excluding hydrogens is 310 g/mol. The van der Waals surface area contributed by atoms with E-state index in [1.807, 2.05) is 41.2 Å². The topological polar surface area (TPSA) is 39.4 Å². The van der Waals surface area contributed by atoms with Crippen LogP contribution in [0.5, 0.6) is 0 Å². The Hall–Kier alpha value is -2.64. The molecule has 4 nitrogen and oxygen atoms in total. The molecule has 0 saturated heterocycles. The van der Waals surface area contributed by atoms with Crippen LogP contribution in [0.3, 0.4) is 0 Å². The third-order valence-corrected chi connectivity index (χ3v) is 4.72. The SMILES string of the molecule is COC1CC(C)(C)Cc2ncc(C#Cc3cn4ccccc4n3)cc21. The predicted molar refractivity (Wildman–Crippen MR) is 97.3 cm³/mol. The molecular formula is C21H21N3O. The van der Waals surface area contributed by atoms with E-state index in [4.69, 9.17) is 4.74 Å². The molecule has 1 aliphatic rings. The summed E-state index contributed by atoms with van der Waals surface area (Å²) in [4.78, 5) is 9.17. The van der Waals surface area contributed by atoms with Crippen LogP contribution in [0.15, 0.2) is 42.9 Å². The standard InChI is InChI=1S/C21H21N3O/c1-21(2)11-18-17(19(12-21)25-3)10-15(13-22-18)7-8-16-14-24-9-5-4-6-20(24)23-16/h4-6,9-10,13-14,19H,11-12H2,1-3H3. The highest BCUT2D eigenvalue weighted by molar-refractivity contribution is 5.47. The summed E-state index contributed by atoms with van der Waals surface area (Å²) in [7, 11) is 1.77. The van der Waals surface area contributed by atoms with Crippen LogP contribution in [-0.2, 0) is 11.2 Å². The maximum absolute atomic E-state index is 5.71. The van der Waals surface area contributed by atoms with E-state index in [0.29, 0.717) is 0 Å². The van der Waals surface area contributed by atoms with Crippen LogP contribution in [0.4, 0.5) is 0 Å². The molecule has 3 aromatic heterocycles. The third-order valence-electron chi connectivity index (χ3n) is 4.72. The maximum atomic E-state index is 5.71. The smallest absolute Gasteiger partial charge is 0.138 e. The summed E-state index contributed by atoms with van der Waals surface area (Å²) in [6.45, 7) is 4.53. The van der Waals surface area contributed by atoms with Crippen LogP contribution in [-0.4, -0.2) is 21.5 Å². The van der Waals surface area contributed by atoms with Crippen molar-refractivity contribution in [3.05, 3.63) is 65.4 Å². The molecule has 1 atom stereocenters. The van der Waals surface area contributed by atoms with Crippen LogP contribution in [0.25, 0.3) is 5.65 Å². The van der Waals surface area contributed by atoms with Gasteiger partial charge in [0.1, 0.15) is 11.3 Å². The molecule has 4 heteroatoms. The molecule has 4 rings (SSSR count). The first kappa shape index (κ1) is 15.9. The van der Waals surface area contributed by atoms with Gasteiger partial charge in [-0.1, -0.05) is 25.8 Å². The molecule has 25 heavy (non-hydrogen) atoms.